The fourth-order valence-electron chi connectivity index (χ4n) is 1.56. The summed E-state index contributed by atoms with van der Waals surface area (Å²) in [6, 6.07) is 4.83. The van der Waals surface area contributed by atoms with Gasteiger partial charge < -0.3 is 19.5 Å². The number of carbonyl (C=O) groups excluding carboxylic acids is 1. The van der Waals surface area contributed by atoms with Gasteiger partial charge in [0.15, 0.2) is 11.5 Å². The molecule has 6 heteroatoms. The summed E-state index contributed by atoms with van der Waals surface area (Å²) in [5.74, 6) is 1.72. The second-order valence-corrected chi connectivity index (χ2v) is 5.68. The molecule has 1 unspecified atom stereocenters. The maximum atomic E-state index is 11.1. The van der Waals surface area contributed by atoms with E-state index in [1.807, 2.05) is 13.8 Å². The number of hydrogen-bond donors (Lipinski definition) is 1. The fraction of sp³-hybridized carbons (Fsp3) is 0.533. The van der Waals surface area contributed by atoms with Crippen LogP contribution in [0, 0.1) is 5.92 Å². The van der Waals surface area contributed by atoms with Gasteiger partial charge in [-0.25, -0.2) is 0 Å². The van der Waals surface area contributed by atoms with Crippen molar-refractivity contribution in [1.82, 2.24) is 4.90 Å². The van der Waals surface area contributed by atoms with Gasteiger partial charge >= 0.3 is 0 Å². The smallest absolute Gasteiger partial charge is 0.240 e. The third kappa shape index (κ3) is 5.34. The molecule has 0 fully saturated rings. The Morgan fingerprint density at radius 3 is 2.29 bits per heavy atom. The van der Waals surface area contributed by atoms with Gasteiger partial charge in [0, 0.05) is 20.2 Å². The van der Waals surface area contributed by atoms with E-state index in [-0.39, 0.29) is 23.0 Å². The van der Waals surface area contributed by atoms with Gasteiger partial charge in [0.25, 0.3) is 0 Å². The van der Waals surface area contributed by atoms with Crippen molar-refractivity contribution < 1.29 is 19.4 Å². The first kappa shape index (κ1) is 17.4. The van der Waals surface area contributed by atoms with E-state index in [0.717, 1.165) is 0 Å². The van der Waals surface area contributed by atoms with Crippen molar-refractivity contribution >= 4 is 17.5 Å². The van der Waals surface area contributed by atoms with Gasteiger partial charge in [-0.3, -0.25) is 4.79 Å². The number of amides is 1. The van der Waals surface area contributed by atoms with E-state index in [1.165, 1.54) is 4.90 Å². The SMILES string of the molecule is CC(C)C(Cl)C(=O)N(C)C.Oc1ccc2c(c1)OCCO2. The number of rotatable bonds is 2. The van der Waals surface area contributed by atoms with Crippen molar-refractivity contribution in [2.45, 2.75) is 19.2 Å². The quantitative estimate of drug-likeness (QED) is 0.852. The molecule has 5 nitrogen and oxygen atoms in total. The van der Waals surface area contributed by atoms with Crippen LogP contribution in [0.4, 0.5) is 0 Å². The molecule has 1 heterocycles. The maximum Gasteiger partial charge on any atom is 0.240 e. The molecule has 118 valence electrons. The molecule has 21 heavy (non-hydrogen) atoms. The number of alkyl halides is 1. The fourth-order valence-corrected chi connectivity index (χ4v) is 1.76. The van der Waals surface area contributed by atoms with Crippen LogP contribution in [0.3, 0.4) is 0 Å². The summed E-state index contributed by atoms with van der Waals surface area (Å²) in [6.45, 7) is 4.99. The summed E-state index contributed by atoms with van der Waals surface area (Å²) < 4.78 is 10.5. The molecule has 1 aliphatic heterocycles. The van der Waals surface area contributed by atoms with Crippen LogP contribution >= 0.6 is 11.6 Å². The Labute approximate surface area is 130 Å². The standard InChI is InChI=1S/C8H8O3.C7H14ClNO/c9-6-1-2-7-8(5-6)11-4-3-10-7;1-5(2)6(8)7(10)9(3)4/h1-2,5,9H,3-4H2;5-6H,1-4H3. The minimum atomic E-state index is -0.380. The van der Waals surface area contributed by atoms with Crippen molar-refractivity contribution in [3.8, 4) is 17.2 Å². The van der Waals surface area contributed by atoms with E-state index in [1.54, 1.807) is 32.3 Å². The van der Waals surface area contributed by atoms with Gasteiger partial charge in [-0.15, -0.1) is 11.6 Å². The van der Waals surface area contributed by atoms with E-state index in [2.05, 4.69) is 0 Å². The molecule has 1 aromatic rings. The van der Waals surface area contributed by atoms with Crippen LogP contribution in [0.25, 0.3) is 0 Å². The normalized spacial score (nSPS) is 14.0. The van der Waals surface area contributed by atoms with E-state index in [0.29, 0.717) is 24.7 Å². The second-order valence-electron chi connectivity index (χ2n) is 5.21. The maximum absolute atomic E-state index is 11.1. The highest BCUT2D eigenvalue weighted by molar-refractivity contribution is 6.30. The number of phenols is 1. The Kier molecular flexibility index (Phi) is 6.62. The number of phenolic OH excluding ortho intramolecular Hbond substituents is 1. The zero-order chi connectivity index (χ0) is 16.0. The monoisotopic (exact) mass is 315 g/mol. The minimum absolute atomic E-state index is 0.0170. The molecule has 2 rings (SSSR count). The van der Waals surface area contributed by atoms with Crippen LogP contribution in [-0.4, -0.2) is 48.6 Å². The lowest BCUT2D eigenvalue weighted by molar-refractivity contribution is -0.129. The molecule has 1 atom stereocenters. The highest BCUT2D eigenvalue weighted by Crippen LogP contribution is 2.32. The third-order valence-electron chi connectivity index (χ3n) is 2.79. The van der Waals surface area contributed by atoms with Crippen molar-refractivity contribution in [3.63, 3.8) is 0 Å². The summed E-state index contributed by atoms with van der Waals surface area (Å²) in [4.78, 5) is 12.6. The van der Waals surface area contributed by atoms with Gasteiger partial charge in [0.2, 0.25) is 5.91 Å². The molecule has 1 N–H and O–H groups in total. The van der Waals surface area contributed by atoms with Crippen LogP contribution in [0.5, 0.6) is 17.2 Å². The van der Waals surface area contributed by atoms with Crippen LogP contribution in [0.1, 0.15) is 13.8 Å². The molecular formula is C15H22ClNO4. The van der Waals surface area contributed by atoms with E-state index in [4.69, 9.17) is 26.2 Å². The van der Waals surface area contributed by atoms with Crippen molar-refractivity contribution in [1.29, 1.82) is 0 Å². The highest BCUT2D eigenvalue weighted by Gasteiger charge is 2.20. The van der Waals surface area contributed by atoms with E-state index in [9.17, 15) is 4.79 Å². The number of fused-ring (bicyclic) bond motifs is 1. The average Bonchev–Trinajstić information content (AvgIpc) is 2.46. The third-order valence-corrected chi connectivity index (χ3v) is 3.48. The predicted molar refractivity (Wildman–Crippen MR) is 82.3 cm³/mol. The molecule has 1 amide bonds. The lowest BCUT2D eigenvalue weighted by Crippen LogP contribution is -2.33. The summed E-state index contributed by atoms with van der Waals surface area (Å²) >= 11 is 5.77. The Morgan fingerprint density at radius 1 is 1.24 bits per heavy atom. The molecule has 0 aromatic heterocycles. The summed E-state index contributed by atoms with van der Waals surface area (Å²) in [7, 11) is 3.42. The van der Waals surface area contributed by atoms with E-state index >= 15 is 0 Å². The first-order valence-corrected chi connectivity index (χ1v) is 7.20. The van der Waals surface area contributed by atoms with Crippen molar-refractivity contribution in [2.24, 2.45) is 5.92 Å². The van der Waals surface area contributed by atoms with Gasteiger partial charge in [0.05, 0.1) is 0 Å². The Bertz CT molecular complexity index is 477. The number of aromatic hydroxyl groups is 1. The molecule has 1 aliphatic rings. The predicted octanol–water partition coefficient (Wildman–Crippen LogP) is 2.50. The van der Waals surface area contributed by atoms with Gasteiger partial charge in [0.1, 0.15) is 24.3 Å². The molecule has 0 saturated carbocycles. The molecule has 0 aliphatic carbocycles. The van der Waals surface area contributed by atoms with Gasteiger partial charge in [-0.05, 0) is 18.1 Å². The van der Waals surface area contributed by atoms with Gasteiger partial charge in [-0.1, -0.05) is 13.8 Å². The van der Waals surface area contributed by atoms with Crippen LogP contribution in [0.2, 0.25) is 0 Å². The molecule has 0 saturated heterocycles. The number of benzene rings is 1. The van der Waals surface area contributed by atoms with Crippen molar-refractivity contribution in [3.05, 3.63) is 18.2 Å². The lowest BCUT2D eigenvalue weighted by Gasteiger charge is -2.17. The molecule has 0 radical (unpaired) electrons. The Balaban J connectivity index is 0.000000212. The average molecular weight is 316 g/mol. The molecular weight excluding hydrogens is 294 g/mol. The number of hydrogen-bond acceptors (Lipinski definition) is 4. The first-order chi connectivity index (χ1) is 9.82. The minimum Gasteiger partial charge on any atom is -0.508 e. The number of nitrogens with zero attached hydrogens (tertiary/aromatic N) is 1. The van der Waals surface area contributed by atoms with Crippen LogP contribution < -0.4 is 9.47 Å². The van der Waals surface area contributed by atoms with Gasteiger partial charge in [-0.2, -0.15) is 0 Å². The van der Waals surface area contributed by atoms with E-state index < -0.39 is 0 Å². The number of ether oxygens (including phenoxy) is 2. The zero-order valence-corrected chi connectivity index (χ0v) is 13.6. The molecule has 0 bridgehead atoms. The highest BCUT2D eigenvalue weighted by atomic mass is 35.5. The topological polar surface area (TPSA) is 59.0 Å². The molecule has 0 spiro atoms. The summed E-state index contributed by atoms with van der Waals surface area (Å²) in [5, 5.41) is 8.67. The summed E-state index contributed by atoms with van der Waals surface area (Å²) in [5.41, 5.74) is 0. The summed E-state index contributed by atoms with van der Waals surface area (Å²) in [6.07, 6.45) is 0. The van der Waals surface area contributed by atoms with Crippen LogP contribution in [-0.2, 0) is 4.79 Å². The lowest BCUT2D eigenvalue weighted by atomic mass is 10.1. The Hall–Kier alpha value is -1.62. The number of halogens is 1. The second kappa shape index (κ2) is 7.98. The number of carbonyl (C=O) groups is 1. The first-order valence-electron chi connectivity index (χ1n) is 6.76. The largest absolute Gasteiger partial charge is 0.508 e. The van der Waals surface area contributed by atoms with Crippen molar-refractivity contribution in [2.75, 3.05) is 27.3 Å². The molecule has 1 aromatic carbocycles. The zero-order valence-electron chi connectivity index (χ0n) is 12.8. The Morgan fingerprint density at radius 2 is 1.81 bits per heavy atom. The van der Waals surface area contributed by atoms with Crippen LogP contribution in [0.15, 0.2) is 18.2 Å².